The largest absolute Gasteiger partial charge is 0.358 e. The molecule has 2 amide bonds. The summed E-state index contributed by atoms with van der Waals surface area (Å²) in [5, 5.41) is 3.27. The van der Waals surface area contributed by atoms with Gasteiger partial charge in [0.2, 0.25) is 11.8 Å². The van der Waals surface area contributed by atoms with Crippen molar-refractivity contribution < 1.29 is 9.59 Å². The summed E-state index contributed by atoms with van der Waals surface area (Å²) in [4.78, 5) is 26.8. The maximum absolute atomic E-state index is 12.0. The van der Waals surface area contributed by atoms with Crippen molar-refractivity contribution in [2.75, 3.05) is 0 Å². The van der Waals surface area contributed by atoms with E-state index in [4.69, 9.17) is 15.7 Å². The number of carbonyl (C=O) groups is 2. The van der Waals surface area contributed by atoms with Gasteiger partial charge < -0.3 is 4.98 Å². The van der Waals surface area contributed by atoms with Crippen LogP contribution in [0, 0.1) is 20.8 Å². The van der Waals surface area contributed by atoms with Gasteiger partial charge in [-0.25, -0.2) is 0 Å². The summed E-state index contributed by atoms with van der Waals surface area (Å²) in [5.41, 5.74) is 5.41. The highest BCUT2D eigenvalue weighted by molar-refractivity contribution is 6.51. The third-order valence-corrected chi connectivity index (χ3v) is 4.40. The second-order valence-electron chi connectivity index (χ2n) is 5.66. The minimum atomic E-state index is -0.465. The molecule has 2 heterocycles. The molecule has 4 radical (unpaired) electrons. The highest BCUT2D eigenvalue weighted by atomic mass is 16.2. The quantitative estimate of drug-likeness (QED) is 0.560. The predicted molar refractivity (Wildman–Crippen MR) is 83.8 cm³/mol. The number of aromatic nitrogens is 1. The second kappa shape index (κ2) is 4.52. The molecule has 1 aliphatic rings. The lowest BCUT2D eigenvalue weighted by atomic mass is 9.73. The average molecular weight is 276 g/mol. The molecule has 1 saturated heterocycles. The molecule has 1 aliphatic heterocycles. The fourth-order valence-electron chi connectivity index (χ4n) is 3.21. The molecule has 1 aromatic heterocycles. The van der Waals surface area contributed by atoms with Crippen LogP contribution in [0.5, 0.6) is 0 Å². The third-order valence-electron chi connectivity index (χ3n) is 4.40. The van der Waals surface area contributed by atoms with Crippen LogP contribution < -0.4 is 16.2 Å². The molecule has 0 saturated carbocycles. The number of hydrogen-bond acceptors (Lipinski definition) is 2. The van der Waals surface area contributed by atoms with Crippen molar-refractivity contribution in [1.82, 2.24) is 10.3 Å². The van der Waals surface area contributed by atoms with Gasteiger partial charge in [0.1, 0.15) is 15.7 Å². The number of amides is 2. The zero-order valence-corrected chi connectivity index (χ0v) is 12.3. The van der Waals surface area contributed by atoms with Gasteiger partial charge in [-0.1, -0.05) is 10.9 Å². The number of nitrogens with one attached hydrogen (secondary N) is 2. The van der Waals surface area contributed by atoms with E-state index in [0.29, 0.717) is 10.9 Å². The van der Waals surface area contributed by atoms with Crippen molar-refractivity contribution in [3.63, 3.8) is 0 Å². The predicted octanol–water partition coefficient (Wildman–Crippen LogP) is -0.189. The van der Waals surface area contributed by atoms with Crippen LogP contribution in [0.1, 0.15) is 34.7 Å². The molecule has 0 spiro atoms. The van der Waals surface area contributed by atoms with Crippen molar-refractivity contribution in [2.24, 2.45) is 0 Å². The highest BCUT2D eigenvalue weighted by Gasteiger charge is 2.35. The smallest absolute Gasteiger partial charge is 0.234 e. The first-order chi connectivity index (χ1) is 9.82. The molecule has 0 aliphatic carbocycles. The van der Waals surface area contributed by atoms with Gasteiger partial charge in [-0.15, -0.1) is 0 Å². The summed E-state index contributed by atoms with van der Waals surface area (Å²) in [6.07, 6.45) is 0.176. The molecule has 1 unspecified atom stereocenters. The van der Waals surface area contributed by atoms with E-state index in [2.05, 4.69) is 10.3 Å². The van der Waals surface area contributed by atoms with Crippen LogP contribution in [-0.2, 0) is 9.59 Å². The Bertz CT molecular complexity index is 808. The van der Waals surface area contributed by atoms with Crippen LogP contribution in [-0.4, -0.2) is 32.5 Å². The van der Waals surface area contributed by atoms with Gasteiger partial charge in [0.25, 0.3) is 0 Å². The van der Waals surface area contributed by atoms with Crippen LogP contribution in [0.25, 0.3) is 10.9 Å². The summed E-state index contributed by atoms with van der Waals surface area (Å²) < 4.78 is 0. The fraction of sp³-hybridized carbons (Fsp3) is 0.333. The number of hydrogen-bond donors (Lipinski definition) is 2. The number of imide groups is 1. The molecule has 1 atom stereocenters. The Morgan fingerprint density at radius 2 is 1.67 bits per heavy atom. The van der Waals surface area contributed by atoms with Crippen molar-refractivity contribution in [3.05, 3.63) is 22.4 Å². The molecule has 2 aromatic rings. The van der Waals surface area contributed by atoms with Crippen LogP contribution in [0.4, 0.5) is 0 Å². The summed E-state index contributed by atoms with van der Waals surface area (Å²) in [5.74, 6) is -0.958. The molecular weight excluding hydrogens is 262 g/mol. The normalized spacial score (nSPS) is 18.5. The van der Waals surface area contributed by atoms with Gasteiger partial charge in [-0.05, 0) is 37.5 Å². The number of aryl methyl sites for hydroxylation is 3. The van der Waals surface area contributed by atoms with E-state index in [0.717, 1.165) is 33.3 Å². The molecule has 4 nitrogen and oxygen atoms in total. The lowest BCUT2D eigenvalue weighted by molar-refractivity contribution is -0.125. The van der Waals surface area contributed by atoms with Gasteiger partial charge in [0.05, 0.1) is 5.92 Å². The van der Waals surface area contributed by atoms with Crippen molar-refractivity contribution >= 4 is 49.3 Å². The number of fused-ring (bicyclic) bond motifs is 1. The topological polar surface area (TPSA) is 62.0 Å². The van der Waals surface area contributed by atoms with E-state index in [1.807, 2.05) is 20.8 Å². The Morgan fingerprint density at radius 1 is 1.05 bits per heavy atom. The summed E-state index contributed by atoms with van der Waals surface area (Å²) in [6, 6.07) is 0. The Hall–Kier alpha value is -1.97. The van der Waals surface area contributed by atoms with E-state index < -0.39 is 5.92 Å². The average Bonchev–Trinajstić information content (AvgIpc) is 2.93. The maximum Gasteiger partial charge on any atom is 0.234 e. The Morgan fingerprint density at radius 3 is 2.24 bits per heavy atom. The van der Waals surface area contributed by atoms with Crippen LogP contribution in [0.2, 0.25) is 0 Å². The van der Waals surface area contributed by atoms with Crippen molar-refractivity contribution in [3.8, 4) is 0 Å². The summed E-state index contributed by atoms with van der Waals surface area (Å²) in [6.45, 7) is 5.68. The van der Waals surface area contributed by atoms with Gasteiger partial charge in [0, 0.05) is 23.0 Å². The lowest BCUT2D eigenvalue weighted by Gasteiger charge is -2.14. The zero-order chi connectivity index (χ0) is 15.5. The van der Waals surface area contributed by atoms with Crippen LogP contribution in [0.15, 0.2) is 0 Å². The van der Waals surface area contributed by atoms with Crippen LogP contribution in [0.3, 0.4) is 0 Å². The number of benzene rings is 1. The Kier molecular flexibility index (Phi) is 3.01. The highest BCUT2D eigenvalue weighted by Crippen LogP contribution is 2.35. The number of rotatable bonds is 1. The molecule has 1 fully saturated rings. The Balaban J connectivity index is 2.37. The van der Waals surface area contributed by atoms with E-state index in [1.165, 1.54) is 0 Å². The molecule has 102 valence electrons. The molecule has 0 bridgehead atoms. The standard InChI is InChI=1S/C15H14B2N2O2/c1-5-10-11(8-4-9(20)19-15(8)21)7(3)18-14(10)6(2)13(17)12(5)16/h8,18H,4H2,1-3H3,(H,19,20,21). The van der Waals surface area contributed by atoms with E-state index >= 15 is 0 Å². The maximum atomic E-state index is 12.0. The SMILES string of the molecule is [B]c1c([B])c(C)c2c(C3CC(=O)NC3=O)c(C)[nH]c2c1C. The van der Waals surface area contributed by atoms with E-state index in [-0.39, 0.29) is 18.2 Å². The van der Waals surface area contributed by atoms with Gasteiger partial charge in [-0.2, -0.15) is 0 Å². The first-order valence-corrected chi connectivity index (χ1v) is 6.82. The molecule has 21 heavy (non-hydrogen) atoms. The first-order valence-electron chi connectivity index (χ1n) is 6.82. The third kappa shape index (κ3) is 1.85. The first kappa shape index (κ1) is 14.0. The summed E-state index contributed by atoms with van der Waals surface area (Å²) in [7, 11) is 12.1. The lowest BCUT2D eigenvalue weighted by Crippen LogP contribution is -2.31. The molecule has 2 N–H and O–H groups in total. The summed E-state index contributed by atoms with van der Waals surface area (Å²) >= 11 is 0. The zero-order valence-electron chi connectivity index (χ0n) is 12.3. The molecule has 3 rings (SSSR count). The number of aromatic amines is 1. The van der Waals surface area contributed by atoms with E-state index in [1.54, 1.807) is 0 Å². The van der Waals surface area contributed by atoms with Crippen molar-refractivity contribution in [2.45, 2.75) is 33.1 Å². The number of carbonyl (C=O) groups excluding carboxylic acids is 2. The second-order valence-corrected chi connectivity index (χ2v) is 5.66. The minimum absolute atomic E-state index is 0.176. The molecule has 1 aromatic carbocycles. The molecule has 6 heteroatoms. The van der Waals surface area contributed by atoms with E-state index in [9.17, 15) is 9.59 Å². The van der Waals surface area contributed by atoms with Gasteiger partial charge in [0.15, 0.2) is 0 Å². The Labute approximate surface area is 125 Å². The fourth-order valence-corrected chi connectivity index (χ4v) is 3.21. The van der Waals surface area contributed by atoms with Gasteiger partial charge >= 0.3 is 0 Å². The van der Waals surface area contributed by atoms with Crippen molar-refractivity contribution in [1.29, 1.82) is 0 Å². The number of H-pyrrole nitrogens is 1. The van der Waals surface area contributed by atoms with Crippen LogP contribution >= 0.6 is 0 Å². The monoisotopic (exact) mass is 276 g/mol. The minimum Gasteiger partial charge on any atom is -0.358 e. The molecular formula is C15H14B2N2O2. The van der Waals surface area contributed by atoms with Gasteiger partial charge in [-0.3, -0.25) is 14.9 Å².